The monoisotopic (exact) mass is 420 g/mol. The second-order valence-corrected chi connectivity index (χ2v) is 22.5. The van der Waals surface area contributed by atoms with E-state index in [0.29, 0.717) is 0 Å². The number of methoxy groups -OCH3 is 1. The molecule has 0 unspecified atom stereocenters. The molecule has 0 amide bonds. The third-order valence-electron chi connectivity index (χ3n) is 5.15. The summed E-state index contributed by atoms with van der Waals surface area (Å²) in [5, 5.41) is 1.12. The van der Waals surface area contributed by atoms with Crippen LogP contribution in [0.1, 0.15) is 35.3 Å². The van der Waals surface area contributed by atoms with Gasteiger partial charge in [-0.1, -0.05) is 39.3 Å². The van der Waals surface area contributed by atoms with Gasteiger partial charge in [0.1, 0.15) is 0 Å². The average molecular weight is 421 g/mol. The van der Waals surface area contributed by atoms with Crippen LogP contribution in [0, 0.1) is 6.92 Å². The van der Waals surface area contributed by atoms with E-state index in [1.165, 1.54) is 35.3 Å². The molecule has 0 aromatic carbocycles. The van der Waals surface area contributed by atoms with Crippen LogP contribution in [0.25, 0.3) is 11.1 Å². The first-order valence-corrected chi connectivity index (χ1v) is 18.2. The Kier molecular flexibility index (Phi) is 5.48. The molecule has 0 radical (unpaired) electrons. The van der Waals surface area contributed by atoms with Crippen molar-refractivity contribution in [2.24, 2.45) is 0 Å². The highest BCUT2D eigenvalue weighted by Crippen LogP contribution is 2.45. The molecule has 2 aromatic heterocycles. The zero-order valence-corrected chi connectivity index (χ0v) is 21.1. The number of ether oxygens (including phenoxy) is 1. The zero-order chi connectivity index (χ0) is 19.3. The Hall–Kier alpha value is -0.626. The maximum Gasteiger partial charge on any atom is 0.180 e. The lowest BCUT2D eigenvalue weighted by molar-refractivity contribution is 0.426. The summed E-state index contributed by atoms with van der Waals surface area (Å²) in [7, 11) is -0.745. The van der Waals surface area contributed by atoms with Crippen molar-refractivity contribution < 1.29 is 4.74 Å². The van der Waals surface area contributed by atoms with Crippen LogP contribution in [0.4, 0.5) is 0 Å². The quantitative estimate of drug-likeness (QED) is 0.515. The summed E-state index contributed by atoms with van der Waals surface area (Å²) in [4.78, 5) is 1.50. The summed E-state index contributed by atoms with van der Waals surface area (Å²) in [6, 6.07) is 4.97. The van der Waals surface area contributed by atoms with Crippen LogP contribution >= 0.6 is 22.7 Å². The van der Waals surface area contributed by atoms with Crippen LogP contribution in [0.15, 0.2) is 12.1 Å². The molecule has 2 heterocycles. The van der Waals surface area contributed by atoms with Gasteiger partial charge in [0.2, 0.25) is 0 Å². The molecular formula is C21H32OS2Si2. The van der Waals surface area contributed by atoms with Gasteiger partial charge in [0.25, 0.3) is 0 Å². The molecule has 0 saturated carbocycles. The van der Waals surface area contributed by atoms with Crippen molar-refractivity contribution in [1.82, 2.24) is 0 Å². The number of allylic oxidation sites excluding steroid dienone is 2. The van der Waals surface area contributed by atoms with E-state index >= 15 is 0 Å². The van der Waals surface area contributed by atoms with Crippen molar-refractivity contribution >= 4 is 59.0 Å². The molecule has 5 heteroatoms. The number of hydrogen-bond acceptors (Lipinski definition) is 3. The Labute approximate surface area is 169 Å². The Morgan fingerprint density at radius 2 is 1.31 bits per heavy atom. The summed E-state index contributed by atoms with van der Waals surface area (Å²) in [5.41, 5.74) is 6.03. The predicted molar refractivity (Wildman–Crippen MR) is 127 cm³/mol. The average Bonchev–Trinajstić information content (AvgIpc) is 3.21. The molecule has 0 bridgehead atoms. The fourth-order valence-corrected chi connectivity index (χ4v) is 9.49. The van der Waals surface area contributed by atoms with Gasteiger partial charge in [0.05, 0.1) is 23.3 Å². The smallest absolute Gasteiger partial charge is 0.180 e. The van der Waals surface area contributed by atoms with Gasteiger partial charge in [0.15, 0.2) is 5.06 Å². The molecule has 1 aliphatic rings. The third-order valence-corrected chi connectivity index (χ3v) is 14.5. The topological polar surface area (TPSA) is 9.23 Å². The number of hydrogen-bond donors (Lipinski definition) is 0. The summed E-state index contributed by atoms with van der Waals surface area (Å²) >= 11 is 3.91. The lowest BCUT2D eigenvalue weighted by Gasteiger charge is -2.12. The SMILES string of the molecule is COc1sc([Si](C)(C)C)cc1C1=C(c2cc([Si](C)(C)C)sc2C)CCC1. The van der Waals surface area contributed by atoms with Crippen LogP contribution < -0.4 is 13.7 Å². The Morgan fingerprint density at radius 3 is 1.81 bits per heavy atom. The van der Waals surface area contributed by atoms with Crippen molar-refractivity contribution in [3.8, 4) is 5.06 Å². The number of rotatable bonds is 5. The molecule has 2 aromatic rings. The van der Waals surface area contributed by atoms with Gasteiger partial charge in [-0.05, 0) is 64.0 Å². The molecule has 1 aliphatic carbocycles. The van der Waals surface area contributed by atoms with E-state index in [4.69, 9.17) is 4.74 Å². The first-order valence-electron chi connectivity index (χ1n) is 9.54. The predicted octanol–water partition coefficient (Wildman–Crippen LogP) is 6.31. The van der Waals surface area contributed by atoms with Crippen LogP contribution in [-0.2, 0) is 0 Å². The highest BCUT2D eigenvalue weighted by molar-refractivity contribution is 7.28. The molecule has 0 atom stereocenters. The zero-order valence-electron chi connectivity index (χ0n) is 17.5. The number of thiophene rings is 2. The maximum absolute atomic E-state index is 5.82. The van der Waals surface area contributed by atoms with E-state index in [9.17, 15) is 0 Å². The normalized spacial score (nSPS) is 15.8. The molecular weight excluding hydrogens is 389 g/mol. The second-order valence-electron chi connectivity index (χ2n) is 9.41. The molecule has 3 rings (SSSR count). The van der Waals surface area contributed by atoms with Crippen LogP contribution in [0.2, 0.25) is 39.3 Å². The van der Waals surface area contributed by atoms with E-state index in [-0.39, 0.29) is 0 Å². The molecule has 0 N–H and O–H groups in total. The van der Waals surface area contributed by atoms with Gasteiger partial charge in [0, 0.05) is 10.4 Å². The van der Waals surface area contributed by atoms with Crippen molar-refractivity contribution in [2.45, 2.75) is 65.5 Å². The second kappa shape index (κ2) is 7.08. The summed E-state index contributed by atoms with van der Waals surface area (Å²) in [6.45, 7) is 16.9. The highest BCUT2D eigenvalue weighted by Gasteiger charge is 2.28. The van der Waals surface area contributed by atoms with E-state index < -0.39 is 16.1 Å². The minimum atomic E-state index is -1.32. The summed E-state index contributed by atoms with van der Waals surface area (Å²) < 4.78 is 9.00. The first-order chi connectivity index (χ1) is 12.0. The maximum atomic E-state index is 5.82. The Bertz CT molecular complexity index is 844. The van der Waals surface area contributed by atoms with Gasteiger partial charge >= 0.3 is 0 Å². The largest absolute Gasteiger partial charge is 0.487 e. The molecule has 0 aliphatic heterocycles. The Morgan fingerprint density at radius 1 is 0.808 bits per heavy atom. The van der Waals surface area contributed by atoms with E-state index in [0.717, 1.165) is 5.06 Å². The summed E-state index contributed by atoms with van der Waals surface area (Å²) in [6.07, 6.45) is 3.66. The van der Waals surface area contributed by atoms with Crippen molar-refractivity contribution in [1.29, 1.82) is 0 Å². The minimum Gasteiger partial charge on any atom is -0.487 e. The standard InChI is InChI=1S/C21H32OS2Si2/c1-14-17(12-19(23-14)25(3,4)5)15-10-9-11-16(15)18-13-20(26(6,7)8)24-21(18)22-2/h12-13H,9-11H2,1-8H3. The molecule has 0 spiro atoms. The highest BCUT2D eigenvalue weighted by atomic mass is 32.1. The fourth-order valence-electron chi connectivity index (χ4n) is 3.60. The Balaban J connectivity index is 2.13. The van der Waals surface area contributed by atoms with E-state index in [1.54, 1.807) is 20.1 Å². The van der Waals surface area contributed by atoms with Crippen molar-refractivity contribution in [2.75, 3.05) is 7.11 Å². The van der Waals surface area contributed by atoms with Crippen LogP contribution in [0.5, 0.6) is 5.06 Å². The van der Waals surface area contributed by atoms with E-state index in [1.807, 2.05) is 29.8 Å². The van der Waals surface area contributed by atoms with Crippen LogP contribution in [-0.4, -0.2) is 23.3 Å². The molecule has 0 fully saturated rings. The van der Waals surface area contributed by atoms with Gasteiger partial charge in [-0.3, -0.25) is 0 Å². The van der Waals surface area contributed by atoms with Crippen LogP contribution in [0.3, 0.4) is 0 Å². The number of aryl methyl sites for hydroxylation is 1. The lowest BCUT2D eigenvalue weighted by Crippen LogP contribution is -2.34. The van der Waals surface area contributed by atoms with Gasteiger partial charge in [-0.25, -0.2) is 0 Å². The van der Waals surface area contributed by atoms with E-state index in [2.05, 4.69) is 58.3 Å². The van der Waals surface area contributed by atoms with Crippen molar-refractivity contribution in [3.05, 3.63) is 28.1 Å². The summed E-state index contributed by atoms with van der Waals surface area (Å²) in [5.74, 6) is 0. The van der Waals surface area contributed by atoms with Gasteiger partial charge in [-0.2, -0.15) is 0 Å². The van der Waals surface area contributed by atoms with Gasteiger partial charge in [-0.15, -0.1) is 22.7 Å². The lowest BCUT2D eigenvalue weighted by atomic mass is 9.99. The minimum absolute atomic E-state index is 1.12. The first kappa shape index (κ1) is 20.1. The third kappa shape index (κ3) is 3.82. The van der Waals surface area contributed by atoms with Gasteiger partial charge < -0.3 is 4.74 Å². The molecule has 26 heavy (non-hydrogen) atoms. The molecule has 1 nitrogen and oxygen atoms in total. The van der Waals surface area contributed by atoms with Crippen molar-refractivity contribution in [3.63, 3.8) is 0 Å². The fraction of sp³-hybridized carbons (Fsp3) is 0.524. The molecule has 0 saturated heterocycles. The molecule has 142 valence electrons.